The molecule has 2 aliphatic heterocycles. The van der Waals surface area contributed by atoms with Crippen LogP contribution in [0.3, 0.4) is 0 Å². The number of anilines is 3. The number of likely N-dealkylation sites (N-methyl/N-ethyl adjacent to an activating group) is 1. The molecule has 31 heavy (non-hydrogen) atoms. The van der Waals surface area contributed by atoms with Crippen molar-refractivity contribution < 1.29 is 19.2 Å². The van der Waals surface area contributed by atoms with Gasteiger partial charge in [0.2, 0.25) is 0 Å². The molecule has 1 unspecified atom stereocenters. The maximum Gasteiger partial charge on any atom is 0.282 e. The van der Waals surface area contributed by atoms with Gasteiger partial charge in [-0.2, -0.15) is 0 Å². The molecular weight excluding hydrogens is 392 g/mol. The molecule has 2 aliphatic rings. The minimum atomic E-state index is -0.0979. The molecule has 7 heteroatoms. The van der Waals surface area contributed by atoms with Crippen LogP contribution in [0.5, 0.6) is 0 Å². The van der Waals surface area contributed by atoms with Gasteiger partial charge in [-0.15, -0.1) is 0 Å². The molecule has 0 saturated carbocycles. The second-order valence-electron chi connectivity index (χ2n) is 8.45. The van der Waals surface area contributed by atoms with E-state index < -0.39 is 0 Å². The normalized spacial score (nSPS) is 19.1. The molecule has 2 atom stereocenters. The SMILES string of the molecule is C[C@H]1Cc2ccccc2N1C(=O)C[NH+](C)CC(=O)Nc1ccc(N2CCOCC2)cc1. The summed E-state index contributed by atoms with van der Waals surface area (Å²) in [6.07, 6.45) is 0.877. The number of amides is 2. The summed E-state index contributed by atoms with van der Waals surface area (Å²) >= 11 is 0. The van der Waals surface area contributed by atoms with E-state index in [0.717, 1.165) is 54.7 Å². The van der Waals surface area contributed by atoms with Gasteiger partial charge in [-0.25, -0.2) is 0 Å². The lowest BCUT2D eigenvalue weighted by Gasteiger charge is -2.28. The zero-order chi connectivity index (χ0) is 21.8. The smallest absolute Gasteiger partial charge is 0.282 e. The van der Waals surface area contributed by atoms with Crippen LogP contribution in [0.1, 0.15) is 12.5 Å². The molecule has 2 N–H and O–H groups in total. The first-order valence-corrected chi connectivity index (χ1v) is 10.9. The van der Waals surface area contributed by atoms with Gasteiger partial charge < -0.3 is 24.8 Å². The Morgan fingerprint density at radius 2 is 1.77 bits per heavy atom. The summed E-state index contributed by atoms with van der Waals surface area (Å²) in [4.78, 5) is 30.4. The minimum absolute atomic E-state index is 0.0533. The molecule has 1 saturated heterocycles. The Hall–Kier alpha value is -2.90. The second-order valence-corrected chi connectivity index (χ2v) is 8.45. The molecule has 4 rings (SSSR count). The second kappa shape index (κ2) is 9.49. The van der Waals surface area contributed by atoms with Crippen molar-refractivity contribution >= 4 is 28.9 Å². The number of hydrogen-bond acceptors (Lipinski definition) is 4. The number of benzene rings is 2. The molecule has 0 aliphatic carbocycles. The van der Waals surface area contributed by atoms with Crippen LogP contribution < -0.4 is 20.0 Å². The molecule has 0 radical (unpaired) electrons. The fourth-order valence-electron chi connectivity index (χ4n) is 4.41. The van der Waals surface area contributed by atoms with Crippen molar-refractivity contribution in [2.45, 2.75) is 19.4 Å². The monoisotopic (exact) mass is 423 g/mol. The summed E-state index contributed by atoms with van der Waals surface area (Å²) in [7, 11) is 1.88. The van der Waals surface area contributed by atoms with Crippen LogP contribution in [0.2, 0.25) is 0 Å². The van der Waals surface area contributed by atoms with E-state index in [1.807, 2.05) is 54.4 Å². The fourth-order valence-corrected chi connectivity index (χ4v) is 4.41. The number of nitrogens with one attached hydrogen (secondary N) is 2. The zero-order valence-corrected chi connectivity index (χ0v) is 18.3. The van der Waals surface area contributed by atoms with Crippen molar-refractivity contribution in [2.24, 2.45) is 0 Å². The van der Waals surface area contributed by atoms with Gasteiger partial charge in [-0.05, 0) is 49.2 Å². The molecule has 0 spiro atoms. The third-order valence-corrected chi connectivity index (χ3v) is 5.92. The fraction of sp³-hybridized carbons (Fsp3) is 0.417. The van der Waals surface area contributed by atoms with E-state index in [-0.39, 0.29) is 30.9 Å². The molecule has 7 nitrogen and oxygen atoms in total. The average Bonchev–Trinajstić information content (AvgIpc) is 3.10. The Balaban J connectivity index is 1.28. The maximum atomic E-state index is 12.9. The summed E-state index contributed by atoms with van der Waals surface area (Å²) in [6.45, 7) is 5.84. The van der Waals surface area contributed by atoms with E-state index in [1.165, 1.54) is 5.56 Å². The number of rotatable bonds is 6. The van der Waals surface area contributed by atoms with Crippen molar-refractivity contribution in [3.05, 3.63) is 54.1 Å². The number of quaternary nitrogens is 1. The van der Waals surface area contributed by atoms with E-state index in [0.29, 0.717) is 0 Å². The molecule has 0 bridgehead atoms. The van der Waals surface area contributed by atoms with E-state index in [1.54, 1.807) is 0 Å². The van der Waals surface area contributed by atoms with Gasteiger partial charge >= 0.3 is 0 Å². The summed E-state index contributed by atoms with van der Waals surface area (Å²) in [5.74, 6) is -0.0445. The Bertz CT molecular complexity index is 925. The van der Waals surface area contributed by atoms with Crippen LogP contribution in [0.15, 0.2) is 48.5 Å². The lowest BCUT2D eigenvalue weighted by molar-refractivity contribution is -0.862. The van der Waals surface area contributed by atoms with Gasteiger partial charge in [0.1, 0.15) is 0 Å². The summed E-state index contributed by atoms with van der Waals surface area (Å²) < 4.78 is 5.39. The quantitative estimate of drug-likeness (QED) is 0.726. The number of carbonyl (C=O) groups is 2. The molecule has 2 aromatic rings. The molecule has 164 valence electrons. The first-order chi connectivity index (χ1) is 15.0. The van der Waals surface area contributed by atoms with Crippen LogP contribution in [-0.4, -0.2) is 64.3 Å². The van der Waals surface area contributed by atoms with Gasteiger partial charge in [0.05, 0.1) is 20.3 Å². The first kappa shape index (κ1) is 21.3. The Morgan fingerprint density at radius 1 is 1.06 bits per heavy atom. The summed E-state index contributed by atoms with van der Waals surface area (Å²) in [5, 5.41) is 2.94. The highest BCUT2D eigenvalue weighted by Crippen LogP contribution is 2.31. The van der Waals surface area contributed by atoms with Crippen LogP contribution in [0.25, 0.3) is 0 Å². The molecule has 2 amide bonds. The van der Waals surface area contributed by atoms with Crippen molar-refractivity contribution in [3.63, 3.8) is 0 Å². The first-order valence-electron chi connectivity index (χ1n) is 10.9. The van der Waals surface area contributed by atoms with E-state index in [2.05, 4.69) is 23.2 Å². The van der Waals surface area contributed by atoms with Crippen LogP contribution in [0.4, 0.5) is 17.1 Å². The molecular formula is C24H31N4O3+. The number of fused-ring (bicyclic) bond motifs is 1. The van der Waals surface area contributed by atoms with E-state index >= 15 is 0 Å². The molecule has 2 aromatic carbocycles. The highest BCUT2D eigenvalue weighted by molar-refractivity contribution is 5.97. The summed E-state index contributed by atoms with van der Waals surface area (Å²) in [6, 6.07) is 16.1. The third kappa shape index (κ3) is 5.06. The molecule has 1 fully saturated rings. The van der Waals surface area contributed by atoms with Crippen molar-refractivity contribution in [1.82, 2.24) is 0 Å². The predicted molar refractivity (Wildman–Crippen MR) is 122 cm³/mol. The number of ether oxygens (including phenoxy) is 1. The van der Waals surface area contributed by atoms with Crippen LogP contribution in [-0.2, 0) is 20.7 Å². The van der Waals surface area contributed by atoms with Crippen molar-refractivity contribution in [3.8, 4) is 0 Å². The highest BCUT2D eigenvalue weighted by Gasteiger charge is 2.32. The van der Waals surface area contributed by atoms with Gasteiger partial charge in [0.25, 0.3) is 11.8 Å². The van der Waals surface area contributed by atoms with Gasteiger partial charge in [-0.1, -0.05) is 18.2 Å². The Labute approximate surface area is 183 Å². The Morgan fingerprint density at radius 3 is 2.52 bits per heavy atom. The standard InChI is InChI=1S/C24H30N4O3/c1-18-15-19-5-3-4-6-22(19)28(18)24(30)17-26(2)16-23(29)25-20-7-9-21(10-8-20)27-11-13-31-14-12-27/h3-10,18H,11-17H2,1-2H3,(H,25,29)/p+1/t18-/m0/s1. The number of hydrogen-bond donors (Lipinski definition) is 2. The lowest BCUT2D eigenvalue weighted by Crippen LogP contribution is -3.11. The Kier molecular flexibility index (Phi) is 6.53. The maximum absolute atomic E-state index is 12.9. The topological polar surface area (TPSA) is 66.3 Å². The van der Waals surface area contributed by atoms with Gasteiger partial charge in [-0.3, -0.25) is 9.59 Å². The number of morpholine rings is 1. The lowest BCUT2D eigenvalue weighted by atomic mass is 10.1. The van der Waals surface area contributed by atoms with Crippen molar-refractivity contribution in [1.29, 1.82) is 0 Å². The highest BCUT2D eigenvalue weighted by atomic mass is 16.5. The summed E-state index contributed by atoms with van der Waals surface area (Å²) in [5.41, 5.74) is 4.11. The number of para-hydroxylation sites is 1. The van der Waals surface area contributed by atoms with E-state index in [4.69, 9.17) is 4.74 Å². The number of nitrogens with zero attached hydrogens (tertiary/aromatic N) is 2. The zero-order valence-electron chi connectivity index (χ0n) is 18.3. The van der Waals surface area contributed by atoms with Crippen molar-refractivity contribution in [2.75, 3.05) is 61.6 Å². The molecule has 0 aromatic heterocycles. The van der Waals surface area contributed by atoms with Gasteiger partial charge in [0, 0.05) is 36.2 Å². The van der Waals surface area contributed by atoms with Crippen LogP contribution >= 0.6 is 0 Å². The number of carbonyl (C=O) groups excluding carboxylic acids is 2. The van der Waals surface area contributed by atoms with Gasteiger partial charge in [0.15, 0.2) is 13.1 Å². The van der Waals surface area contributed by atoms with Crippen LogP contribution in [0, 0.1) is 0 Å². The minimum Gasteiger partial charge on any atom is -0.378 e. The molecule has 2 heterocycles. The van der Waals surface area contributed by atoms with E-state index in [9.17, 15) is 9.59 Å². The predicted octanol–water partition coefficient (Wildman–Crippen LogP) is 0.954. The average molecular weight is 424 g/mol. The third-order valence-electron chi connectivity index (χ3n) is 5.92. The largest absolute Gasteiger partial charge is 0.378 e.